The molecule has 0 aliphatic rings. The molecule has 0 saturated heterocycles. The molecule has 0 atom stereocenters. The zero-order chi connectivity index (χ0) is 51.3. The van der Waals surface area contributed by atoms with Gasteiger partial charge in [0.1, 0.15) is 0 Å². The predicted molar refractivity (Wildman–Crippen MR) is 303 cm³/mol. The Hall–Kier alpha value is -11.2. The van der Waals surface area contributed by atoms with Gasteiger partial charge >= 0.3 is 0 Å². The first kappa shape index (κ1) is 44.7. The third-order valence-corrected chi connectivity index (χ3v) is 14.1. The summed E-state index contributed by atoms with van der Waals surface area (Å²) in [6.07, 6.45) is 0. The molecule has 3 aromatic heterocycles. The van der Waals surface area contributed by atoms with E-state index in [-0.39, 0.29) is 0 Å². The van der Waals surface area contributed by atoms with Crippen molar-refractivity contribution in [1.29, 1.82) is 10.5 Å². The number of hydrogen-bond donors (Lipinski definition) is 0. The molecule has 0 N–H and O–H groups in total. The van der Waals surface area contributed by atoms with Crippen LogP contribution in [0, 0.1) is 35.8 Å². The molecule has 76 heavy (non-hydrogen) atoms. The lowest BCUT2D eigenvalue weighted by Gasteiger charge is -2.18. The lowest BCUT2D eigenvalue weighted by Crippen LogP contribution is -2.04. The topological polar surface area (TPSA) is 105 Å². The lowest BCUT2D eigenvalue weighted by molar-refractivity contribution is 1.06. The molecular weight excluding hydrogens is 931 g/mol. The lowest BCUT2D eigenvalue weighted by atomic mass is 9.98. The van der Waals surface area contributed by atoms with Gasteiger partial charge in [0.15, 0.2) is 28.8 Å². The minimum atomic E-state index is 0.419. The van der Waals surface area contributed by atoms with Crippen molar-refractivity contribution < 1.29 is 0 Å². The van der Waals surface area contributed by atoms with Crippen LogP contribution in [-0.2, 0) is 0 Å². The number of nitrogens with zero attached hydrogens (tertiary/aromatic N) is 9. The van der Waals surface area contributed by atoms with Crippen molar-refractivity contribution in [1.82, 2.24) is 24.1 Å². The van der Waals surface area contributed by atoms with Crippen LogP contribution in [0.4, 0.5) is 11.4 Å². The first-order valence-electron chi connectivity index (χ1n) is 24.5. The van der Waals surface area contributed by atoms with Gasteiger partial charge in [-0.1, -0.05) is 146 Å². The summed E-state index contributed by atoms with van der Waals surface area (Å²) in [6, 6.07) is 79.2. The van der Waals surface area contributed by atoms with Crippen LogP contribution in [0.2, 0.25) is 0 Å². The van der Waals surface area contributed by atoms with Crippen molar-refractivity contribution in [2.45, 2.75) is 0 Å². The van der Waals surface area contributed by atoms with Crippen LogP contribution in [0.5, 0.6) is 0 Å². The number of aromatic nitrogens is 5. The fourth-order valence-electron chi connectivity index (χ4n) is 10.6. The Morgan fingerprint density at radius 2 is 0.750 bits per heavy atom. The Bertz CT molecular complexity index is 4630. The molecule has 0 aliphatic carbocycles. The third kappa shape index (κ3) is 7.49. The van der Waals surface area contributed by atoms with Crippen LogP contribution in [0.25, 0.3) is 132 Å². The highest BCUT2D eigenvalue weighted by Crippen LogP contribution is 2.44. The Morgan fingerprint density at radius 1 is 0.329 bits per heavy atom. The number of rotatable bonds is 8. The van der Waals surface area contributed by atoms with Crippen molar-refractivity contribution in [3.8, 4) is 91.1 Å². The molecule has 0 fully saturated rings. The SMILES string of the molecule is [C-]#[N+]c1cc(C#N)ccc1-c1ccc2c(c1)c1ccccc1n2-c1ccccc1-c1ccc(-n2c3ccccc3c3cc(-c4ccc(C#N)cc4[N+]#[C-])ccc32)c(-c2nc(-c3ccccc3)nc(-c3ccccc3)n2)c1. The van der Waals surface area contributed by atoms with Gasteiger partial charge in [0.25, 0.3) is 0 Å². The highest BCUT2D eigenvalue weighted by Gasteiger charge is 2.23. The molecule has 0 bridgehead atoms. The number of nitriles is 2. The maximum absolute atomic E-state index is 9.64. The van der Waals surface area contributed by atoms with Crippen LogP contribution in [0.3, 0.4) is 0 Å². The van der Waals surface area contributed by atoms with E-state index in [1.54, 1.807) is 24.3 Å². The quantitative estimate of drug-likeness (QED) is 0.141. The summed E-state index contributed by atoms with van der Waals surface area (Å²) >= 11 is 0. The zero-order valence-electron chi connectivity index (χ0n) is 40.4. The summed E-state index contributed by atoms with van der Waals surface area (Å²) in [5, 5.41) is 23.4. The molecule has 0 amide bonds. The Kier molecular flexibility index (Phi) is 10.8. The molecule has 0 radical (unpaired) electrons. The highest BCUT2D eigenvalue weighted by molar-refractivity contribution is 6.13. The average Bonchev–Trinajstić information content (AvgIpc) is 4.10. The minimum absolute atomic E-state index is 0.419. The summed E-state index contributed by atoms with van der Waals surface area (Å²) in [5.74, 6) is 1.58. The molecule has 9 nitrogen and oxygen atoms in total. The van der Waals surface area contributed by atoms with E-state index < -0.39 is 0 Å². The molecular formula is C67H37N9. The number of fused-ring (bicyclic) bond motifs is 6. The summed E-state index contributed by atoms with van der Waals surface area (Å²) < 4.78 is 4.59. The summed E-state index contributed by atoms with van der Waals surface area (Å²) in [4.78, 5) is 23.4. The van der Waals surface area contributed by atoms with E-state index in [2.05, 4.69) is 140 Å². The molecule has 0 aliphatic heterocycles. The van der Waals surface area contributed by atoms with Gasteiger partial charge in [-0.25, -0.2) is 24.6 Å². The maximum Gasteiger partial charge on any atom is 0.196 e. The second kappa shape index (κ2) is 18.4. The average molecular weight is 968 g/mol. The molecule has 350 valence electrons. The van der Waals surface area contributed by atoms with E-state index in [9.17, 15) is 10.5 Å². The van der Waals surface area contributed by atoms with Crippen LogP contribution in [0.15, 0.2) is 224 Å². The van der Waals surface area contributed by atoms with Crippen molar-refractivity contribution in [3.05, 3.63) is 258 Å². The second-order valence-electron chi connectivity index (χ2n) is 18.4. The van der Waals surface area contributed by atoms with E-state index in [1.165, 1.54) is 0 Å². The number of para-hydroxylation sites is 3. The smallest absolute Gasteiger partial charge is 0.196 e. The van der Waals surface area contributed by atoms with Crippen LogP contribution in [0.1, 0.15) is 11.1 Å². The van der Waals surface area contributed by atoms with Gasteiger partial charge in [0.05, 0.1) is 58.7 Å². The van der Waals surface area contributed by atoms with Gasteiger partial charge in [0, 0.05) is 54.9 Å². The third-order valence-electron chi connectivity index (χ3n) is 14.1. The monoisotopic (exact) mass is 967 g/mol. The van der Waals surface area contributed by atoms with Gasteiger partial charge < -0.3 is 9.13 Å². The molecule has 13 aromatic rings. The normalized spacial score (nSPS) is 11.1. The predicted octanol–water partition coefficient (Wildman–Crippen LogP) is 16.9. The largest absolute Gasteiger partial charge is 0.309 e. The summed E-state index contributed by atoms with van der Waals surface area (Å²) in [7, 11) is 0. The zero-order valence-corrected chi connectivity index (χ0v) is 40.4. The summed E-state index contributed by atoms with van der Waals surface area (Å²) in [5.41, 5.74) is 15.2. The first-order valence-corrected chi connectivity index (χ1v) is 24.5. The van der Waals surface area contributed by atoms with E-state index in [0.717, 1.165) is 105 Å². The minimum Gasteiger partial charge on any atom is -0.309 e. The van der Waals surface area contributed by atoms with E-state index >= 15 is 0 Å². The van der Waals surface area contributed by atoms with E-state index in [0.29, 0.717) is 40.0 Å². The molecule has 3 heterocycles. The Morgan fingerprint density at radius 3 is 1.26 bits per heavy atom. The van der Waals surface area contributed by atoms with Gasteiger partial charge in [0.2, 0.25) is 0 Å². The van der Waals surface area contributed by atoms with E-state index in [4.69, 9.17) is 28.1 Å². The highest BCUT2D eigenvalue weighted by atomic mass is 15.1. The van der Waals surface area contributed by atoms with Gasteiger partial charge in [-0.3, -0.25) is 0 Å². The maximum atomic E-state index is 9.64. The van der Waals surface area contributed by atoms with Crippen molar-refractivity contribution >= 4 is 55.0 Å². The Labute approximate surface area is 437 Å². The van der Waals surface area contributed by atoms with Gasteiger partial charge in [-0.15, -0.1) is 0 Å². The molecule has 10 aromatic carbocycles. The van der Waals surface area contributed by atoms with Crippen molar-refractivity contribution in [2.24, 2.45) is 0 Å². The van der Waals surface area contributed by atoms with Crippen molar-refractivity contribution in [2.75, 3.05) is 0 Å². The van der Waals surface area contributed by atoms with Crippen LogP contribution >= 0.6 is 0 Å². The molecule has 9 heteroatoms. The van der Waals surface area contributed by atoms with Gasteiger partial charge in [-0.05, 0) is 107 Å². The van der Waals surface area contributed by atoms with Gasteiger partial charge in [-0.2, -0.15) is 10.5 Å². The second-order valence-corrected chi connectivity index (χ2v) is 18.4. The van der Waals surface area contributed by atoms with E-state index in [1.807, 2.05) is 91.0 Å². The molecule has 0 unspecified atom stereocenters. The number of hydrogen-bond acceptors (Lipinski definition) is 5. The van der Waals surface area contributed by atoms with Crippen LogP contribution < -0.4 is 0 Å². The molecule has 13 rings (SSSR count). The standard InChI is InChI=1S/C67H37N9/c1-70-57-35-42(40-68)25-30-49(57)46-27-32-62-54(37-46)52-20-10-13-23-60(52)75(62)59-22-12-9-19-51(59)48-29-34-64(56(39-48)67-73-65(44-15-5-3-6-16-44)72-66(74-67)45-17-7-4-8-18-45)76-61-24-14-11-21-53(61)55-38-47(28-33-63(55)76)50-31-26-43(41-69)36-58(50)71-2/h3-39H. The molecule has 0 spiro atoms. The fraction of sp³-hybridized carbons (Fsp3) is 0. The molecule has 0 saturated carbocycles. The number of benzene rings is 10. The fourth-order valence-corrected chi connectivity index (χ4v) is 10.6. The first-order chi connectivity index (χ1) is 37.5. The Balaban J connectivity index is 1.06. The summed E-state index contributed by atoms with van der Waals surface area (Å²) in [6.45, 7) is 16.0. The van der Waals surface area contributed by atoms with Crippen LogP contribution in [-0.4, -0.2) is 24.1 Å². The van der Waals surface area contributed by atoms with Crippen molar-refractivity contribution in [3.63, 3.8) is 0 Å².